The quantitative estimate of drug-likeness (QED) is 0.249. The second-order valence-corrected chi connectivity index (χ2v) is 9.48. The molecular formula is C24H16ClN3O3S2. The number of carbonyl (C=O) groups excluding carboxylic acids is 2. The van der Waals surface area contributed by atoms with E-state index in [2.05, 4.69) is 16.4 Å². The summed E-state index contributed by atoms with van der Waals surface area (Å²) < 4.78 is 5.95. The molecule has 0 atom stereocenters. The van der Waals surface area contributed by atoms with Gasteiger partial charge in [-0.15, -0.1) is 23.1 Å². The van der Waals surface area contributed by atoms with Crippen molar-refractivity contribution in [3.05, 3.63) is 76.6 Å². The third-order valence-corrected chi connectivity index (χ3v) is 6.74. The fourth-order valence-corrected chi connectivity index (χ4v) is 4.80. The SMILES string of the molecule is N#CCSc1ccccc1NC(=O)COC(=O)c1cc(-c2ccc(Cl)s2)nc2ccccc12. The second-order valence-electron chi connectivity index (χ2n) is 6.74. The van der Waals surface area contributed by atoms with Crippen LogP contribution in [0.2, 0.25) is 4.34 Å². The number of nitrogens with one attached hydrogen (secondary N) is 1. The molecule has 0 aliphatic rings. The molecule has 164 valence electrons. The first-order valence-electron chi connectivity index (χ1n) is 9.76. The minimum Gasteiger partial charge on any atom is -0.452 e. The van der Waals surface area contributed by atoms with Crippen molar-refractivity contribution in [2.45, 2.75) is 4.90 Å². The Balaban J connectivity index is 1.51. The smallest absolute Gasteiger partial charge is 0.339 e. The zero-order valence-electron chi connectivity index (χ0n) is 17.1. The number of hydrogen-bond acceptors (Lipinski definition) is 7. The van der Waals surface area contributed by atoms with Crippen molar-refractivity contribution in [3.63, 3.8) is 0 Å². The van der Waals surface area contributed by atoms with Gasteiger partial charge in [0.05, 0.1) is 43.5 Å². The number of ether oxygens (including phenoxy) is 1. The van der Waals surface area contributed by atoms with Crippen LogP contribution in [0.4, 0.5) is 5.69 Å². The monoisotopic (exact) mass is 493 g/mol. The Kier molecular flexibility index (Phi) is 7.25. The van der Waals surface area contributed by atoms with Gasteiger partial charge in [0.15, 0.2) is 6.61 Å². The van der Waals surface area contributed by atoms with Crippen LogP contribution < -0.4 is 5.32 Å². The van der Waals surface area contributed by atoms with E-state index in [0.29, 0.717) is 32.2 Å². The first kappa shape index (κ1) is 22.8. The molecule has 6 nitrogen and oxygen atoms in total. The van der Waals surface area contributed by atoms with Gasteiger partial charge in [-0.3, -0.25) is 4.79 Å². The van der Waals surface area contributed by atoms with E-state index in [9.17, 15) is 9.59 Å². The number of para-hydroxylation sites is 2. The number of amides is 1. The van der Waals surface area contributed by atoms with Crippen molar-refractivity contribution < 1.29 is 14.3 Å². The van der Waals surface area contributed by atoms with Gasteiger partial charge in [0.2, 0.25) is 0 Å². The van der Waals surface area contributed by atoms with Crippen LogP contribution in [0, 0.1) is 11.3 Å². The largest absolute Gasteiger partial charge is 0.452 e. The van der Waals surface area contributed by atoms with E-state index in [-0.39, 0.29) is 5.75 Å². The number of thiophene rings is 1. The maximum absolute atomic E-state index is 12.9. The molecule has 0 aliphatic carbocycles. The lowest BCUT2D eigenvalue weighted by molar-refractivity contribution is -0.119. The van der Waals surface area contributed by atoms with Crippen LogP contribution in [-0.4, -0.2) is 29.2 Å². The van der Waals surface area contributed by atoms with Gasteiger partial charge in [0.25, 0.3) is 5.91 Å². The number of fused-ring (bicyclic) bond motifs is 1. The normalized spacial score (nSPS) is 10.5. The number of nitrogens with zero attached hydrogens (tertiary/aromatic N) is 2. The number of nitriles is 1. The van der Waals surface area contributed by atoms with Crippen molar-refractivity contribution in [2.24, 2.45) is 0 Å². The molecule has 0 spiro atoms. The lowest BCUT2D eigenvalue weighted by Gasteiger charge is -2.11. The van der Waals surface area contributed by atoms with E-state index in [1.807, 2.05) is 36.4 Å². The third kappa shape index (κ3) is 5.52. The average molecular weight is 494 g/mol. The molecule has 4 aromatic rings. The van der Waals surface area contributed by atoms with Gasteiger partial charge in [-0.25, -0.2) is 9.78 Å². The summed E-state index contributed by atoms with van der Waals surface area (Å²) in [6.07, 6.45) is 0. The number of rotatable bonds is 7. The molecule has 4 rings (SSSR count). The van der Waals surface area contributed by atoms with E-state index < -0.39 is 18.5 Å². The third-order valence-electron chi connectivity index (χ3n) is 4.55. The molecule has 0 fully saturated rings. The second kappa shape index (κ2) is 10.5. The number of aromatic nitrogens is 1. The number of anilines is 1. The van der Waals surface area contributed by atoms with E-state index in [0.717, 1.165) is 9.77 Å². The summed E-state index contributed by atoms with van der Waals surface area (Å²) in [5.74, 6) is -0.842. The minimum atomic E-state index is -0.625. The Morgan fingerprint density at radius 2 is 1.91 bits per heavy atom. The van der Waals surface area contributed by atoms with Crippen molar-refractivity contribution in [1.82, 2.24) is 4.98 Å². The Morgan fingerprint density at radius 1 is 1.12 bits per heavy atom. The fraction of sp³-hybridized carbons (Fsp3) is 0.0833. The van der Waals surface area contributed by atoms with Crippen LogP contribution in [0.1, 0.15) is 10.4 Å². The summed E-state index contributed by atoms with van der Waals surface area (Å²) in [6, 6.07) is 21.7. The van der Waals surface area contributed by atoms with E-state index >= 15 is 0 Å². The molecular weight excluding hydrogens is 478 g/mol. The van der Waals surface area contributed by atoms with Gasteiger partial charge in [-0.2, -0.15) is 5.26 Å². The van der Waals surface area contributed by atoms with Crippen molar-refractivity contribution in [3.8, 4) is 16.6 Å². The first-order valence-corrected chi connectivity index (χ1v) is 11.9. The Labute approximate surface area is 203 Å². The van der Waals surface area contributed by atoms with Gasteiger partial charge < -0.3 is 10.1 Å². The van der Waals surface area contributed by atoms with Gasteiger partial charge in [-0.05, 0) is 36.4 Å². The van der Waals surface area contributed by atoms with Crippen LogP contribution >= 0.6 is 34.7 Å². The van der Waals surface area contributed by atoms with Gasteiger partial charge in [0.1, 0.15) is 0 Å². The number of halogens is 1. The summed E-state index contributed by atoms with van der Waals surface area (Å²) in [5, 5.41) is 12.2. The van der Waals surface area contributed by atoms with Crippen LogP contribution in [0.5, 0.6) is 0 Å². The molecule has 33 heavy (non-hydrogen) atoms. The lowest BCUT2D eigenvalue weighted by atomic mass is 10.1. The van der Waals surface area contributed by atoms with Crippen LogP contribution in [-0.2, 0) is 9.53 Å². The van der Waals surface area contributed by atoms with Gasteiger partial charge in [0, 0.05) is 10.3 Å². The van der Waals surface area contributed by atoms with Gasteiger partial charge >= 0.3 is 5.97 Å². The van der Waals surface area contributed by atoms with Crippen molar-refractivity contribution >= 4 is 63.2 Å². The van der Waals surface area contributed by atoms with Gasteiger partial charge in [-0.1, -0.05) is 41.9 Å². The number of hydrogen-bond donors (Lipinski definition) is 1. The average Bonchev–Trinajstić information content (AvgIpc) is 3.27. The molecule has 1 N–H and O–H groups in total. The van der Waals surface area contributed by atoms with Crippen LogP contribution in [0.25, 0.3) is 21.5 Å². The summed E-state index contributed by atoms with van der Waals surface area (Å²) in [4.78, 5) is 31.6. The Morgan fingerprint density at radius 3 is 2.70 bits per heavy atom. The molecule has 0 aliphatic heterocycles. The van der Waals surface area contributed by atoms with E-state index in [1.54, 1.807) is 30.3 Å². The number of esters is 1. The summed E-state index contributed by atoms with van der Waals surface area (Å²) >= 11 is 8.73. The molecule has 1 amide bonds. The number of pyridine rings is 1. The zero-order valence-corrected chi connectivity index (χ0v) is 19.5. The predicted molar refractivity (Wildman–Crippen MR) is 132 cm³/mol. The highest BCUT2D eigenvalue weighted by Crippen LogP contribution is 2.32. The molecule has 0 bridgehead atoms. The molecule has 2 aromatic carbocycles. The molecule has 0 unspecified atom stereocenters. The highest BCUT2D eigenvalue weighted by molar-refractivity contribution is 7.99. The summed E-state index contributed by atoms with van der Waals surface area (Å²) in [5.41, 5.74) is 2.12. The predicted octanol–water partition coefficient (Wildman–Crippen LogP) is 6.03. The zero-order chi connectivity index (χ0) is 23.2. The Bertz CT molecular complexity index is 1380. The molecule has 0 radical (unpaired) electrons. The standard InChI is InChI=1S/C24H16ClN3O3S2/c25-22-10-9-21(33-22)19-13-16(15-5-1-2-6-17(15)27-19)24(30)31-14-23(29)28-18-7-3-4-8-20(18)32-12-11-26/h1-10,13H,12,14H2,(H,28,29). The van der Waals surface area contributed by atoms with Crippen LogP contribution in [0.15, 0.2) is 71.6 Å². The number of thioether (sulfide) groups is 1. The van der Waals surface area contributed by atoms with Crippen molar-refractivity contribution in [2.75, 3.05) is 17.7 Å². The first-order chi connectivity index (χ1) is 16.0. The maximum atomic E-state index is 12.9. The molecule has 0 saturated carbocycles. The highest BCUT2D eigenvalue weighted by Gasteiger charge is 2.17. The topological polar surface area (TPSA) is 92.1 Å². The fourth-order valence-electron chi connectivity index (χ4n) is 3.12. The molecule has 9 heteroatoms. The Hall–Kier alpha value is -3.38. The lowest BCUT2D eigenvalue weighted by Crippen LogP contribution is -2.21. The number of carbonyl (C=O) groups is 2. The highest BCUT2D eigenvalue weighted by atomic mass is 35.5. The number of benzene rings is 2. The maximum Gasteiger partial charge on any atom is 0.339 e. The van der Waals surface area contributed by atoms with Crippen LogP contribution in [0.3, 0.4) is 0 Å². The minimum absolute atomic E-state index is 0.259. The summed E-state index contributed by atoms with van der Waals surface area (Å²) in [6.45, 7) is -0.451. The summed E-state index contributed by atoms with van der Waals surface area (Å²) in [7, 11) is 0. The van der Waals surface area contributed by atoms with E-state index in [4.69, 9.17) is 21.6 Å². The van der Waals surface area contributed by atoms with E-state index in [1.165, 1.54) is 23.1 Å². The molecule has 0 saturated heterocycles. The molecule has 2 aromatic heterocycles. The van der Waals surface area contributed by atoms with Crippen molar-refractivity contribution in [1.29, 1.82) is 5.26 Å². The molecule has 2 heterocycles.